The average Bonchev–Trinajstić information content (AvgIpc) is 2.33. The molecule has 0 bridgehead atoms. The maximum atomic E-state index is 11.3. The van der Waals surface area contributed by atoms with E-state index in [4.69, 9.17) is 6.42 Å². The lowest BCUT2D eigenvalue weighted by atomic mass is 10.1. The highest BCUT2D eigenvalue weighted by Gasteiger charge is 2.13. The van der Waals surface area contributed by atoms with Crippen molar-refractivity contribution in [1.82, 2.24) is 10.6 Å². The van der Waals surface area contributed by atoms with Crippen molar-refractivity contribution >= 4 is 17.6 Å². The predicted octanol–water partition coefficient (Wildman–Crippen LogP) is 0.00140. The van der Waals surface area contributed by atoms with E-state index in [1.807, 2.05) is 6.92 Å². The van der Waals surface area contributed by atoms with Crippen molar-refractivity contribution in [3.8, 4) is 12.3 Å². The number of Topliss-reactive ketones (excluding diaryl/α,β-unsaturated/α-hetero) is 1. The Kier molecular flexibility index (Phi) is 8.39. The maximum Gasteiger partial charge on any atom is 0.287 e. The zero-order valence-corrected chi connectivity index (χ0v) is 10.0. The summed E-state index contributed by atoms with van der Waals surface area (Å²) in [4.78, 5) is 33.6. The first-order chi connectivity index (χ1) is 8.11. The maximum absolute atomic E-state index is 11.3. The summed E-state index contributed by atoms with van der Waals surface area (Å²) in [5.74, 6) is 0.633. The van der Waals surface area contributed by atoms with Crippen LogP contribution < -0.4 is 10.6 Å². The molecule has 0 rings (SSSR count). The molecule has 5 heteroatoms. The summed E-state index contributed by atoms with van der Waals surface area (Å²) in [6.07, 6.45) is 7.78. The second-order valence-corrected chi connectivity index (χ2v) is 3.54. The van der Waals surface area contributed by atoms with Crippen LogP contribution in [-0.2, 0) is 14.4 Å². The second kappa shape index (κ2) is 9.40. The molecule has 0 aliphatic heterocycles. The third kappa shape index (κ3) is 8.03. The van der Waals surface area contributed by atoms with Crippen molar-refractivity contribution in [3.05, 3.63) is 0 Å². The molecule has 0 unspecified atom stereocenters. The number of hydrogen-bond donors (Lipinski definition) is 2. The largest absolute Gasteiger partial charge is 0.344 e. The number of amides is 2. The van der Waals surface area contributed by atoms with E-state index < -0.39 is 17.6 Å². The van der Waals surface area contributed by atoms with Gasteiger partial charge < -0.3 is 10.6 Å². The van der Waals surface area contributed by atoms with Gasteiger partial charge in [0.05, 0.1) is 13.1 Å². The molecule has 0 aliphatic carbocycles. The number of nitrogens with one attached hydrogen (secondary N) is 2. The van der Waals surface area contributed by atoms with Gasteiger partial charge in [0.1, 0.15) is 0 Å². The molecule has 0 aliphatic rings. The summed E-state index contributed by atoms with van der Waals surface area (Å²) in [6, 6.07) is 0. The second-order valence-electron chi connectivity index (χ2n) is 3.54. The Bertz CT molecular complexity index is 318. The summed E-state index contributed by atoms with van der Waals surface area (Å²) in [5, 5.41) is 4.63. The fourth-order valence-electron chi connectivity index (χ4n) is 1.12. The Hall–Kier alpha value is -1.83. The SMILES string of the molecule is C#CCNC(=O)CNC(=O)C(=O)CCCCC. The fourth-order valence-corrected chi connectivity index (χ4v) is 1.12. The zero-order valence-electron chi connectivity index (χ0n) is 10.0. The highest BCUT2D eigenvalue weighted by atomic mass is 16.2. The van der Waals surface area contributed by atoms with Crippen LogP contribution in [-0.4, -0.2) is 30.7 Å². The van der Waals surface area contributed by atoms with E-state index in [1.165, 1.54) is 0 Å². The number of unbranched alkanes of at least 4 members (excludes halogenated alkanes) is 2. The summed E-state index contributed by atoms with van der Waals surface area (Å²) < 4.78 is 0. The molecule has 0 heterocycles. The van der Waals surface area contributed by atoms with Gasteiger partial charge in [0.25, 0.3) is 5.91 Å². The monoisotopic (exact) mass is 238 g/mol. The van der Waals surface area contributed by atoms with Gasteiger partial charge in [-0.3, -0.25) is 14.4 Å². The van der Waals surface area contributed by atoms with Crippen LogP contribution in [0.25, 0.3) is 0 Å². The molecule has 0 radical (unpaired) electrons. The van der Waals surface area contributed by atoms with Gasteiger partial charge in [0, 0.05) is 6.42 Å². The molecule has 0 fully saturated rings. The quantitative estimate of drug-likeness (QED) is 0.355. The molecule has 0 saturated carbocycles. The average molecular weight is 238 g/mol. The lowest BCUT2D eigenvalue weighted by Crippen LogP contribution is -2.39. The zero-order chi connectivity index (χ0) is 13.1. The number of terminal acetylenes is 1. The van der Waals surface area contributed by atoms with Crippen LogP contribution in [0.3, 0.4) is 0 Å². The Labute approximate surface area is 101 Å². The molecule has 94 valence electrons. The molecule has 0 aromatic carbocycles. The minimum Gasteiger partial charge on any atom is -0.344 e. The molecule has 0 aromatic rings. The molecule has 0 atom stereocenters. The third-order valence-electron chi connectivity index (χ3n) is 2.06. The molecule has 0 saturated heterocycles. The molecular weight excluding hydrogens is 220 g/mol. The van der Waals surface area contributed by atoms with Crippen LogP contribution in [0.15, 0.2) is 0 Å². The van der Waals surface area contributed by atoms with Crippen molar-refractivity contribution in [1.29, 1.82) is 0 Å². The molecule has 2 amide bonds. The topological polar surface area (TPSA) is 75.3 Å². The van der Waals surface area contributed by atoms with E-state index in [9.17, 15) is 14.4 Å². The first-order valence-corrected chi connectivity index (χ1v) is 5.63. The first kappa shape index (κ1) is 15.2. The smallest absolute Gasteiger partial charge is 0.287 e. The van der Waals surface area contributed by atoms with Crippen LogP contribution in [0, 0.1) is 12.3 Å². The van der Waals surface area contributed by atoms with Crippen LogP contribution >= 0.6 is 0 Å². The third-order valence-corrected chi connectivity index (χ3v) is 2.06. The van der Waals surface area contributed by atoms with E-state index in [2.05, 4.69) is 16.6 Å². The van der Waals surface area contributed by atoms with Gasteiger partial charge in [-0.1, -0.05) is 25.7 Å². The van der Waals surface area contributed by atoms with Crippen molar-refractivity contribution in [2.75, 3.05) is 13.1 Å². The summed E-state index contributed by atoms with van der Waals surface area (Å²) in [5.41, 5.74) is 0. The lowest BCUT2D eigenvalue weighted by Gasteiger charge is -2.04. The Morgan fingerprint density at radius 3 is 2.47 bits per heavy atom. The predicted molar refractivity (Wildman–Crippen MR) is 64.0 cm³/mol. The number of carbonyl (C=O) groups is 3. The minimum absolute atomic E-state index is 0.110. The molecule has 2 N–H and O–H groups in total. The standard InChI is InChI=1S/C12H18N2O3/c1-3-5-6-7-10(15)12(17)14-9-11(16)13-8-4-2/h2H,3,5-9H2,1H3,(H,13,16)(H,14,17). The van der Waals surface area contributed by atoms with Gasteiger partial charge in [-0.15, -0.1) is 6.42 Å². The van der Waals surface area contributed by atoms with Crippen LogP contribution in [0.2, 0.25) is 0 Å². The number of carbonyl (C=O) groups excluding carboxylic acids is 3. The Balaban J connectivity index is 3.74. The molecule has 0 aromatic heterocycles. The van der Waals surface area contributed by atoms with Gasteiger partial charge in [-0.2, -0.15) is 0 Å². The highest BCUT2D eigenvalue weighted by Crippen LogP contribution is 1.99. The van der Waals surface area contributed by atoms with E-state index in [-0.39, 0.29) is 19.5 Å². The van der Waals surface area contributed by atoms with Crippen molar-refractivity contribution in [2.45, 2.75) is 32.6 Å². The Morgan fingerprint density at radius 2 is 1.88 bits per heavy atom. The van der Waals surface area contributed by atoms with E-state index >= 15 is 0 Å². The van der Waals surface area contributed by atoms with Gasteiger partial charge >= 0.3 is 0 Å². The molecule has 0 spiro atoms. The summed E-state index contributed by atoms with van der Waals surface area (Å²) in [7, 11) is 0. The van der Waals surface area contributed by atoms with Crippen LogP contribution in [0.1, 0.15) is 32.6 Å². The first-order valence-electron chi connectivity index (χ1n) is 5.63. The summed E-state index contributed by atoms with van der Waals surface area (Å²) >= 11 is 0. The normalized spacial score (nSPS) is 9.18. The van der Waals surface area contributed by atoms with Gasteiger partial charge in [-0.05, 0) is 6.42 Å². The van der Waals surface area contributed by atoms with E-state index in [0.717, 1.165) is 12.8 Å². The van der Waals surface area contributed by atoms with Gasteiger partial charge in [0.2, 0.25) is 11.7 Å². The van der Waals surface area contributed by atoms with Crippen molar-refractivity contribution in [2.24, 2.45) is 0 Å². The highest BCUT2D eigenvalue weighted by molar-refractivity contribution is 6.36. The number of hydrogen-bond acceptors (Lipinski definition) is 3. The Morgan fingerprint density at radius 1 is 1.18 bits per heavy atom. The molecule has 5 nitrogen and oxygen atoms in total. The van der Waals surface area contributed by atoms with Gasteiger partial charge in [0.15, 0.2) is 0 Å². The van der Waals surface area contributed by atoms with Crippen molar-refractivity contribution < 1.29 is 14.4 Å². The van der Waals surface area contributed by atoms with E-state index in [1.54, 1.807) is 0 Å². The number of rotatable bonds is 8. The van der Waals surface area contributed by atoms with Crippen LogP contribution in [0.4, 0.5) is 0 Å². The minimum atomic E-state index is -0.711. The van der Waals surface area contributed by atoms with Gasteiger partial charge in [-0.25, -0.2) is 0 Å². The van der Waals surface area contributed by atoms with Crippen molar-refractivity contribution in [3.63, 3.8) is 0 Å². The van der Waals surface area contributed by atoms with E-state index in [0.29, 0.717) is 6.42 Å². The summed E-state index contributed by atoms with van der Waals surface area (Å²) in [6.45, 7) is 1.90. The number of ketones is 1. The fraction of sp³-hybridized carbons (Fsp3) is 0.583. The molecule has 17 heavy (non-hydrogen) atoms. The van der Waals surface area contributed by atoms with Crippen LogP contribution in [0.5, 0.6) is 0 Å². The lowest BCUT2D eigenvalue weighted by molar-refractivity contribution is -0.138. The molecular formula is C12H18N2O3.